The molecular weight excluding hydrogens is 420 g/mol. The third-order valence-corrected chi connectivity index (χ3v) is 6.63. The topological polar surface area (TPSA) is 105 Å². The minimum Gasteiger partial charge on any atom is -0.465 e. The first-order valence-corrected chi connectivity index (χ1v) is 11.3. The Balaban J connectivity index is 1.49. The smallest absolute Gasteiger partial charge is 0.407 e. The number of likely N-dealkylation sites (tertiary alicyclic amines) is 1. The molecule has 0 radical (unpaired) electrons. The van der Waals surface area contributed by atoms with Gasteiger partial charge in [-0.15, -0.1) is 0 Å². The fourth-order valence-electron chi connectivity index (χ4n) is 4.57. The van der Waals surface area contributed by atoms with Gasteiger partial charge in [-0.1, -0.05) is 12.1 Å². The quantitative estimate of drug-likeness (QED) is 0.637. The van der Waals surface area contributed by atoms with Crippen molar-refractivity contribution in [2.75, 3.05) is 13.1 Å². The summed E-state index contributed by atoms with van der Waals surface area (Å²) in [7, 11) is 0. The second-order valence-corrected chi connectivity index (χ2v) is 8.96. The van der Waals surface area contributed by atoms with Gasteiger partial charge < -0.3 is 15.3 Å². The van der Waals surface area contributed by atoms with E-state index in [9.17, 15) is 19.5 Å². The van der Waals surface area contributed by atoms with Crippen LogP contribution < -0.4 is 11.0 Å². The number of nitrogens with one attached hydrogen (secondary N) is 1. The lowest BCUT2D eigenvalue weighted by Crippen LogP contribution is -2.40. The Bertz CT molecular complexity index is 1300. The molecule has 2 fully saturated rings. The summed E-state index contributed by atoms with van der Waals surface area (Å²) in [6, 6.07) is 11.8. The Kier molecular flexibility index (Phi) is 5.36. The fraction of sp³-hybridized carbons (Fsp3) is 0.360. The van der Waals surface area contributed by atoms with E-state index in [2.05, 4.69) is 10.3 Å². The summed E-state index contributed by atoms with van der Waals surface area (Å²) in [6.45, 7) is 2.81. The van der Waals surface area contributed by atoms with Gasteiger partial charge in [-0.25, -0.2) is 14.6 Å². The van der Waals surface area contributed by atoms with Crippen molar-refractivity contribution in [3.8, 4) is 11.1 Å². The van der Waals surface area contributed by atoms with Gasteiger partial charge in [0.15, 0.2) is 0 Å². The molecular formula is C25H26N4O4. The number of nitrogens with zero attached hydrogens (tertiary/aromatic N) is 3. The molecule has 3 aromatic rings. The lowest BCUT2D eigenvalue weighted by Gasteiger charge is -2.31. The van der Waals surface area contributed by atoms with Crippen molar-refractivity contribution < 1.29 is 14.7 Å². The summed E-state index contributed by atoms with van der Waals surface area (Å²) in [5.74, 6) is -0.0530. The van der Waals surface area contributed by atoms with Crippen molar-refractivity contribution in [1.29, 1.82) is 0 Å². The summed E-state index contributed by atoms with van der Waals surface area (Å²) in [6.07, 6.45) is 3.89. The molecule has 8 heteroatoms. The van der Waals surface area contributed by atoms with Crippen molar-refractivity contribution in [3.63, 3.8) is 0 Å². The van der Waals surface area contributed by atoms with Crippen molar-refractivity contribution in [1.82, 2.24) is 19.8 Å². The highest BCUT2D eigenvalue weighted by atomic mass is 16.4. The predicted molar refractivity (Wildman–Crippen MR) is 125 cm³/mol. The molecule has 2 amide bonds. The molecule has 2 N–H and O–H groups in total. The van der Waals surface area contributed by atoms with Crippen LogP contribution in [-0.4, -0.2) is 50.7 Å². The van der Waals surface area contributed by atoms with Gasteiger partial charge in [-0.3, -0.25) is 9.36 Å². The number of rotatable bonds is 4. The maximum atomic E-state index is 12.6. The Labute approximate surface area is 190 Å². The number of piperidine rings is 1. The number of hydrogen-bond donors (Lipinski definition) is 2. The van der Waals surface area contributed by atoms with Crippen LogP contribution in [0.5, 0.6) is 0 Å². The van der Waals surface area contributed by atoms with Crippen LogP contribution in [0.4, 0.5) is 4.79 Å². The zero-order valence-corrected chi connectivity index (χ0v) is 18.5. The average Bonchev–Trinajstić information content (AvgIpc) is 3.63. The van der Waals surface area contributed by atoms with Gasteiger partial charge in [0.05, 0.1) is 5.52 Å². The van der Waals surface area contributed by atoms with E-state index >= 15 is 0 Å². The van der Waals surface area contributed by atoms with Crippen LogP contribution in [0.15, 0.2) is 47.4 Å². The number of carboxylic acid groups (broad SMARTS) is 1. The monoisotopic (exact) mass is 446 g/mol. The van der Waals surface area contributed by atoms with Gasteiger partial charge in [-0.05, 0) is 73.6 Å². The third-order valence-electron chi connectivity index (χ3n) is 6.63. The number of fused-ring (bicyclic) bond motifs is 1. The Morgan fingerprint density at radius 2 is 1.82 bits per heavy atom. The molecule has 1 saturated carbocycles. The predicted octanol–water partition coefficient (Wildman–Crippen LogP) is 3.58. The first-order valence-electron chi connectivity index (χ1n) is 11.3. The number of carbonyl (C=O) groups excluding carboxylic acids is 1. The van der Waals surface area contributed by atoms with E-state index in [1.807, 2.05) is 43.3 Å². The lowest BCUT2D eigenvalue weighted by molar-refractivity contribution is 0.0951. The number of aromatic nitrogens is 2. The summed E-state index contributed by atoms with van der Waals surface area (Å²) >= 11 is 0. The molecule has 8 nitrogen and oxygen atoms in total. The third kappa shape index (κ3) is 4.20. The molecule has 1 aromatic heterocycles. The van der Waals surface area contributed by atoms with E-state index in [-0.39, 0.29) is 17.6 Å². The van der Waals surface area contributed by atoms with Crippen molar-refractivity contribution in [3.05, 3.63) is 64.2 Å². The molecule has 2 aromatic carbocycles. The lowest BCUT2D eigenvalue weighted by atomic mass is 9.96. The summed E-state index contributed by atoms with van der Waals surface area (Å²) in [5.41, 5.74) is 4.07. The van der Waals surface area contributed by atoms with Crippen LogP contribution in [0.25, 0.3) is 22.0 Å². The van der Waals surface area contributed by atoms with Crippen molar-refractivity contribution in [2.45, 2.75) is 44.7 Å². The fourth-order valence-corrected chi connectivity index (χ4v) is 4.57. The minimum absolute atomic E-state index is 0.0530. The average molecular weight is 447 g/mol. The number of aryl methyl sites for hydroxylation is 1. The van der Waals surface area contributed by atoms with Crippen LogP contribution in [-0.2, 0) is 0 Å². The summed E-state index contributed by atoms with van der Waals surface area (Å²) in [5, 5.41) is 13.1. The molecule has 0 atom stereocenters. The normalized spacial score (nSPS) is 16.7. The van der Waals surface area contributed by atoms with Gasteiger partial charge in [-0.2, -0.15) is 0 Å². The maximum absolute atomic E-state index is 12.6. The molecule has 33 heavy (non-hydrogen) atoms. The SMILES string of the molecule is Cc1ccc(C(=O)NC2CC2)cc1-c1ccc2c(cnc(=O)n2C2CCN(C(=O)O)CC2)c1. The van der Waals surface area contributed by atoms with Crippen molar-refractivity contribution >= 4 is 22.9 Å². The van der Waals surface area contributed by atoms with Gasteiger partial charge in [0, 0.05) is 42.3 Å². The van der Waals surface area contributed by atoms with Crippen molar-refractivity contribution in [2.24, 2.45) is 0 Å². The second-order valence-electron chi connectivity index (χ2n) is 8.96. The van der Waals surface area contributed by atoms with Gasteiger partial charge in [0.25, 0.3) is 5.91 Å². The Morgan fingerprint density at radius 1 is 1.06 bits per heavy atom. The molecule has 1 aliphatic heterocycles. The van der Waals surface area contributed by atoms with E-state index < -0.39 is 6.09 Å². The molecule has 0 bridgehead atoms. The highest BCUT2D eigenvalue weighted by Gasteiger charge is 2.26. The molecule has 1 aliphatic carbocycles. The molecule has 2 aliphatic rings. The molecule has 5 rings (SSSR count). The Hall–Kier alpha value is -3.68. The van der Waals surface area contributed by atoms with Crippen LogP contribution in [0.2, 0.25) is 0 Å². The summed E-state index contributed by atoms with van der Waals surface area (Å²) in [4.78, 5) is 41.9. The minimum atomic E-state index is -0.926. The van der Waals surface area contributed by atoms with Crippen LogP contribution >= 0.6 is 0 Å². The molecule has 0 spiro atoms. The van der Waals surface area contributed by atoms with E-state index in [1.165, 1.54) is 4.90 Å². The standard InChI is InChI=1S/C25H26N4O4/c1-15-2-3-17(23(30)27-19-5-6-19)13-21(15)16-4-7-22-18(12-16)14-26-24(31)29(22)20-8-10-28(11-9-20)25(32)33/h2-4,7,12-14,19-20H,5-6,8-11H2,1H3,(H,27,30)(H,32,33). The van der Waals surface area contributed by atoms with Crippen LogP contribution in [0.1, 0.15) is 47.6 Å². The number of hydrogen-bond acceptors (Lipinski definition) is 4. The van der Waals surface area contributed by atoms with Gasteiger partial charge in [0.1, 0.15) is 0 Å². The highest BCUT2D eigenvalue weighted by molar-refractivity contribution is 5.96. The molecule has 170 valence electrons. The van der Waals surface area contributed by atoms with Gasteiger partial charge >= 0.3 is 11.8 Å². The Morgan fingerprint density at radius 3 is 2.52 bits per heavy atom. The van der Waals surface area contributed by atoms with Gasteiger partial charge in [0.2, 0.25) is 0 Å². The molecule has 0 unspecified atom stereocenters. The zero-order chi connectivity index (χ0) is 23.1. The highest BCUT2D eigenvalue weighted by Crippen LogP contribution is 2.30. The largest absolute Gasteiger partial charge is 0.465 e. The first kappa shape index (κ1) is 21.2. The first-order chi connectivity index (χ1) is 15.9. The van der Waals surface area contributed by atoms with E-state index in [1.54, 1.807) is 10.8 Å². The van der Waals surface area contributed by atoms with Crippen LogP contribution in [0, 0.1) is 6.92 Å². The number of carbonyl (C=O) groups is 2. The van der Waals surface area contributed by atoms with Crippen LogP contribution in [0.3, 0.4) is 0 Å². The molecule has 1 saturated heterocycles. The maximum Gasteiger partial charge on any atom is 0.407 e. The second kappa shape index (κ2) is 8.35. The number of benzene rings is 2. The molecule has 2 heterocycles. The summed E-state index contributed by atoms with van der Waals surface area (Å²) < 4.78 is 1.70. The zero-order valence-electron chi connectivity index (χ0n) is 18.5. The number of amides is 2. The van der Waals surface area contributed by atoms with E-state index in [0.717, 1.165) is 40.4 Å². The van der Waals surface area contributed by atoms with E-state index in [0.29, 0.717) is 37.5 Å². The van der Waals surface area contributed by atoms with E-state index in [4.69, 9.17) is 0 Å².